The first kappa shape index (κ1) is 20.5. The van der Waals surface area contributed by atoms with E-state index in [1.807, 2.05) is 12.1 Å². The van der Waals surface area contributed by atoms with Crippen LogP contribution in [0.15, 0.2) is 42.5 Å². The molecular formula is C23H30N2O2S. The average molecular weight is 399 g/mol. The smallest absolute Gasteiger partial charge is 0.169 e. The third kappa shape index (κ3) is 5.16. The summed E-state index contributed by atoms with van der Waals surface area (Å²) in [7, 11) is 3.37. The lowest BCUT2D eigenvalue weighted by Crippen LogP contribution is -2.44. The zero-order valence-corrected chi connectivity index (χ0v) is 17.8. The monoisotopic (exact) mass is 398 g/mol. The van der Waals surface area contributed by atoms with Gasteiger partial charge in [0.05, 0.1) is 14.2 Å². The summed E-state index contributed by atoms with van der Waals surface area (Å²) in [6.45, 7) is 3.57. The molecule has 5 heteroatoms. The van der Waals surface area contributed by atoms with Gasteiger partial charge in [-0.25, -0.2) is 0 Å². The number of ether oxygens (including phenoxy) is 2. The minimum atomic E-state index is 0.477. The molecule has 0 saturated heterocycles. The molecular weight excluding hydrogens is 368 g/mol. The first-order chi connectivity index (χ1) is 13.6. The van der Waals surface area contributed by atoms with Crippen molar-refractivity contribution >= 4 is 17.3 Å². The van der Waals surface area contributed by atoms with Gasteiger partial charge in [-0.2, -0.15) is 0 Å². The van der Waals surface area contributed by atoms with Crippen molar-refractivity contribution < 1.29 is 9.47 Å². The molecule has 0 unspecified atom stereocenters. The first-order valence-electron chi connectivity index (χ1n) is 9.91. The number of thiocarbonyl (C=S) groups is 1. The fraction of sp³-hybridized carbons (Fsp3) is 0.435. The molecule has 1 N–H and O–H groups in total. The molecule has 0 spiro atoms. The van der Waals surface area contributed by atoms with Crippen LogP contribution in [0.1, 0.15) is 42.4 Å². The molecule has 0 radical (unpaired) electrons. The summed E-state index contributed by atoms with van der Waals surface area (Å²) in [5.41, 5.74) is 3.63. The second kappa shape index (κ2) is 9.78. The Labute approximate surface area is 173 Å². The lowest BCUT2D eigenvalue weighted by molar-refractivity contribution is 0.296. The van der Waals surface area contributed by atoms with Crippen molar-refractivity contribution in [1.29, 1.82) is 0 Å². The van der Waals surface area contributed by atoms with Gasteiger partial charge < -0.3 is 19.7 Å². The van der Waals surface area contributed by atoms with Crippen LogP contribution in [0.4, 0.5) is 0 Å². The molecule has 4 nitrogen and oxygen atoms in total. The zero-order valence-electron chi connectivity index (χ0n) is 17.0. The number of benzene rings is 2. The van der Waals surface area contributed by atoms with Crippen molar-refractivity contribution in [2.75, 3.05) is 14.2 Å². The number of methoxy groups -OCH3 is 2. The van der Waals surface area contributed by atoms with E-state index in [-0.39, 0.29) is 0 Å². The highest BCUT2D eigenvalue weighted by atomic mass is 32.1. The minimum Gasteiger partial charge on any atom is -0.497 e. The van der Waals surface area contributed by atoms with Crippen LogP contribution < -0.4 is 14.8 Å². The van der Waals surface area contributed by atoms with Crippen LogP contribution in [-0.4, -0.2) is 30.3 Å². The average Bonchev–Trinajstić information content (AvgIpc) is 3.25. The number of nitrogens with one attached hydrogen (secondary N) is 1. The largest absolute Gasteiger partial charge is 0.497 e. The zero-order chi connectivity index (χ0) is 19.9. The maximum Gasteiger partial charge on any atom is 0.169 e. The Balaban J connectivity index is 1.73. The van der Waals surface area contributed by atoms with E-state index in [1.54, 1.807) is 14.2 Å². The van der Waals surface area contributed by atoms with E-state index in [4.69, 9.17) is 21.7 Å². The summed E-state index contributed by atoms with van der Waals surface area (Å²) in [5.74, 6) is 1.64. The first-order valence-corrected chi connectivity index (χ1v) is 10.3. The Morgan fingerprint density at radius 1 is 1.07 bits per heavy atom. The van der Waals surface area contributed by atoms with Crippen LogP contribution in [0.5, 0.6) is 11.5 Å². The fourth-order valence-electron chi connectivity index (χ4n) is 3.73. The standard InChI is InChI=1S/C23H30N2O2S/c1-17-8-10-18(11-9-17)15-24-23(28)25(20-6-4-5-7-20)16-19-12-13-21(26-2)14-22(19)27-3/h8-14,20H,4-7,15-16H2,1-3H3,(H,24,28). The molecule has 2 aromatic carbocycles. The van der Waals surface area contributed by atoms with Gasteiger partial charge >= 0.3 is 0 Å². The van der Waals surface area contributed by atoms with Crippen LogP contribution in [0.2, 0.25) is 0 Å². The summed E-state index contributed by atoms with van der Waals surface area (Å²) >= 11 is 5.81. The topological polar surface area (TPSA) is 33.7 Å². The number of hydrogen-bond donors (Lipinski definition) is 1. The Morgan fingerprint density at radius 2 is 1.79 bits per heavy atom. The SMILES string of the molecule is COc1ccc(CN(C(=S)NCc2ccc(C)cc2)C2CCCC2)c(OC)c1. The van der Waals surface area contributed by atoms with Crippen molar-refractivity contribution in [2.24, 2.45) is 0 Å². The summed E-state index contributed by atoms with van der Waals surface area (Å²) < 4.78 is 10.9. The highest BCUT2D eigenvalue weighted by molar-refractivity contribution is 7.80. The van der Waals surface area contributed by atoms with Crippen LogP contribution in [0.3, 0.4) is 0 Å². The number of nitrogens with zero attached hydrogens (tertiary/aromatic N) is 1. The molecule has 0 aliphatic heterocycles. The van der Waals surface area contributed by atoms with Crippen LogP contribution >= 0.6 is 12.2 Å². The predicted octanol–water partition coefficient (Wildman–Crippen LogP) is 4.83. The van der Waals surface area contributed by atoms with Crippen molar-refractivity contribution in [3.63, 3.8) is 0 Å². The molecule has 1 aliphatic carbocycles. The summed E-state index contributed by atoms with van der Waals surface area (Å²) in [5, 5.41) is 4.28. The Morgan fingerprint density at radius 3 is 2.43 bits per heavy atom. The molecule has 150 valence electrons. The van der Waals surface area contributed by atoms with Crippen LogP contribution in [0.25, 0.3) is 0 Å². The molecule has 0 atom stereocenters. The molecule has 1 saturated carbocycles. The molecule has 0 amide bonds. The lowest BCUT2D eigenvalue weighted by atomic mass is 10.1. The third-order valence-electron chi connectivity index (χ3n) is 5.43. The van der Waals surface area contributed by atoms with E-state index in [2.05, 4.69) is 47.5 Å². The van der Waals surface area contributed by atoms with Gasteiger partial charge in [0.2, 0.25) is 0 Å². The minimum absolute atomic E-state index is 0.477. The van der Waals surface area contributed by atoms with E-state index >= 15 is 0 Å². The number of aryl methyl sites for hydroxylation is 1. The predicted molar refractivity (Wildman–Crippen MR) is 118 cm³/mol. The molecule has 2 aromatic rings. The Bertz CT molecular complexity index is 786. The summed E-state index contributed by atoms with van der Waals surface area (Å²) in [6.07, 6.45) is 4.90. The second-order valence-corrected chi connectivity index (χ2v) is 7.77. The summed E-state index contributed by atoms with van der Waals surface area (Å²) in [4.78, 5) is 2.33. The van der Waals surface area contributed by atoms with Gasteiger partial charge in [0.1, 0.15) is 11.5 Å². The number of hydrogen-bond acceptors (Lipinski definition) is 3. The molecule has 0 heterocycles. The maximum atomic E-state index is 5.81. The second-order valence-electron chi connectivity index (χ2n) is 7.39. The van der Waals surface area contributed by atoms with Crippen molar-refractivity contribution in [1.82, 2.24) is 10.2 Å². The van der Waals surface area contributed by atoms with Crippen molar-refractivity contribution in [3.8, 4) is 11.5 Å². The van der Waals surface area contributed by atoms with Gasteiger partial charge in [0.25, 0.3) is 0 Å². The van der Waals surface area contributed by atoms with Gasteiger partial charge in [-0.3, -0.25) is 0 Å². The molecule has 1 fully saturated rings. The quantitative estimate of drug-likeness (QED) is 0.676. The van der Waals surface area contributed by atoms with Gasteiger partial charge in [-0.15, -0.1) is 0 Å². The van der Waals surface area contributed by atoms with Gasteiger partial charge in [-0.05, 0) is 49.7 Å². The summed E-state index contributed by atoms with van der Waals surface area (Å²) in [6, 6.07) is 15.0. The van der Waals surface area contributed by atoms with E-state index in [1.165, 1.54) is 36.8 Å². The maximum absolute atomic E-state index is 5.81. The van der Waals surface area contributed by atoms with E-state index in [0.29, 0.717) is 6.04 Å². The highest BCUT2D eigenvalue weighted by Gasteiger charge is 2.25. The Kier molecular flexibility index (Phi) is 7.15. The van der Waals surface area contributed by atoms with Crippen LogP contribution in [-0.2, 0) is 13.1 Å². The molecule has 28 heavy (non-hydrogen) atoms. The molecule has 0 aromatic heterocycles. The lowest BCUT2D eigenvalue weighted by Gasteiger charge is -2.32. The van der Waals surface area contributed by atoms with Gasteiger partial charge in [0, 0.05) is 30.8 Å². The fourth-order valence-corrected chi connectivity index (χ4v) is 4.02. The van der Waals surface area contributed by atoms with E-state index < -0.39 is 0 Å². The highest BCUT2D eigenvalue weighted by Crippen LogP contribution is 2.30. The molecule has 0 bridgehead atoms. The molecule has 3 rings (SSSR count). The van der Waals surface area contributed by atoms with Gasteiger partial charge in [0.15, 0.2) is 5.11 Å². The number of rotatable bonds is 7. The molecule has 1 aliphatic rings. The van der Waals surface area contributed by atoms with E-state index in [9.17, 15) is 0 Å². The van der Waals surface area contributed by atoms with E-state index in [0.717, 1.165) is 35.3 Å². The van der Waals surface area contributed by atoms with Crippen molar-refractivity contribution in [2.45, 2.75) is 51.7 Å². The van der Waals surface area contributed by atoms with Crippen molar-refractivity contribution in [3.05, 3.63) is 59.2 Å². The van der Waals surface area contributed by atoms with Crippen LogP contribution in [0, 0.1) is 6.92 Å². The third-order valence-corrected chi connectivity index (χ3v) is 5.80. The Hall–Kier alpha value is -2.27. The van der Waals surface area contributed by atoms with Gasteiger partial charge in [-0.1, -0.05) is 42.7 Å². The normalized spacial score (nSPS) is 14.0.